The van der Waals surface area contributed by atoms with Crippen molar-refractivity contribution in [2.75, 3.05) is 20.5 Å². The van der Waals surface area contributed by atoms with Gasteiger partial charge >= 0.3 is 0 Å². The minimum Gasteiger partial charge on any atom is -0.359 e. The van der Waals surface area contributed by atoms with Crippen molar-refractivity contribution in [3.63, 3.8) is 0 Å². The highest BCUT2D eigenvalue weighted by molar-refractivity contribution is 4.17. The highest BCUT2D eigenvalue weighted by atomic mass is 16.7. The molecule has 0 aromatic carbocycles. The van der Waals surface area contributed by atoms with Gasteiger partial charge < -0.3 is 9.47 Å². The van der Waals surface area contributed by atoms with Gasteiger partial charge in [0.25, 0.3) is 0 Å². The summed E-state index contributed by atoms with van der Waals surface area (Å²) >= 11 is 0. The van der Waals surface area contributed by atoms with E-state index in [1.54, 1.807) is 7.11 Å². The van der Waals surface area contributed by atoms with Crippen molar-refractivity contribution in [3.8, 4) is 0 Å². The van der Waals surface area contributed by atoms with Crippen molar-refractivity contribution in [2.45, 2.75) is 41.0 Å². The number of hydrogen-bond acceptors (Lipinski definition) is 2. The molecule has 0 atom stereocenters. The average molecular weight is 164 g/mol. The molecule has 11 heavy (non-hydrogen) atoms. The third-order valence-corrected chi connectivity index (χ3v) is 0.550. The molecule has 0 aliphatic heterocycles. The summed E-state index contributed by atoms with van der Waals surface area (Å²) in [5.41, 5.74) is 0. The summed E-state index contributed by atoms with van der Waals surface area (Å²) in [6.07, 6.45) is 1.06. The monoisotopic (exact) mass is 164 g/mol. The first-order chi connectivity index (χ1) is 5.41. The molecule has 0 bridgehead atoms. The molecule has 0 heterocycles. The summed E-state index contributed by atoms with van der Waals surface area (Å²) < 4.78 is 9.53. The van der Waals surface area contributed by atoms with Gasteiger partial charge in [0.1, 0.15) is 6.79 Å². The first kappa shape index (κ1) is 17.1. The van der Waals surface area contributed by atoms with Crippen molar-refractivity contribution < 1.29 is 9.47 Å². The molecule has 0 N–H and O–H groups in total. The van der Waals surface area contributed by atoms with Crippen LogP contribution in [0, 0.1) is 0 Å². The summed E-state index contributed by atoms with van der Waals surface area (Å²) in [6.45, 7) is 11.3. The third-order valence-electron chi connectivity index (χ3n) is 0.550. The summed E-state index contributed by atoms with van der Waals surface area (Å²) in [7, 11) is 1.62. The Balaban J connectivity index is -0.000000138. The second kappa shape index (κ2) is 32.6. The van der Waals surface area contributed by atoms with Crippen LogP contribution in [-0.2, 0) is 9.47 Å². The van der Waals surface area contributed by atoms with Crippen LogP contribution in [0.1, 0.15) is 41.0 Å². The van der Waals surface area contributed by atoms with E-state index in [0.717, 1.165) is 13.0 Å². The largest absolute Gasteiger partial charge is 0.359 e. The SMILES string of the molecule is CC.CC.CCCOCOC. The maximum atomic E-state index is 4.91. The van der Waals surface area contributed by atoms with Gasteiger partial charge in [-0.2, -0.15) is 0 Å². The lowest BCUT2D eigenvalue weighted by molar-refractivity contribution is -0.0300. The van der Waals surface area contributed by atoms with Gasteiger partial charge in [0.2, 0.25) is 0 Å². The molecular formula is C9H24O2. The standard InChI is InChI=1S/C5H12O2.2C2H6/c1-3-4-7-5-6-2;2*1-2/h3-5H2,1-2H3;2*1-2H3. The molecule has 0 radical (unpaired) electrons. The second-order valence-electron chi connectivity index (χ2n) is 1.31. The van der Waals surface area contributed by atoms with Crippen molar-refractivity contribution in [2.24, 2.45) is 0 Å². The van der Waals surface area contributed by atoms with Crippen LogP contribution in [0.3, 0.4) is 0 Å². The molecule has 72 valence electrons. The van der Waals surface area contributed by atoms with Crippen molar-refractivity contribution >= 4 is 0 Å². The number of methoxy groups -OCH3 is 1. The van der Waals surface area contributed by atoms with Crippen molar-refractivity contribution in [1.82, 2.24) is 0 Å². The third kappa shape index (κ3) is 40.5. The maximum absolute atomic E-state index is 4.91. The van der Waals surface area contributed by atoms with E-state index in [1.807, 2.05) is 27.7 Å². The fraction of sp³-hybridized carbons (Fsp3) is 1.00. The minimum atomic E-state index is 0.424. The van der Waals surface area contributed by atoms with Gasteiger partial charge in [0.15, 0.2) is 0 Å². The number of ether oxygens (including phenoxy) is 2. The van der Waals surface area contributed by atoms with Crippen LogP contribution >= 0.6 is 0 Å². The Labute approximate surface area is 71.9 Å². The zero-order valence-electron chi connectivity index (χ0n) is 8.94. The summed E-state index contributed by atoms with van der Waals surface area (Å²) in [6, 6.07) is 0. The molecule has 0 aliphatic rings. The van der Waals surface area contributed by atoms with Gasteiger partial charge in [-0.3, -0.25) is 0 Å². The van der Waals surface area contributed by atoms with Crippen molar-refractivity contribution in [3.05, 3.63) is 0 Å². The van der Waals surface area contributed by atoms with Crippen LogP contribution < -0.4 is 0 Å². The minimum absolute atomic E-state index is 0.424. The van der Waals surface area contributed by atoms with Gasteiger partial charge in [0, 0.05) is 13.7 Å². The molecule has 0 rings (SSSR count). The van der Waals surface area contributed by atoms with Crippen LogP contribution in [0.25, 0.3) is 0 Å². The Morgan fingerprint density at radius 1 is 1.00 bits per heavy atom. The highest BCUT2D eigenvalue weighted by Crippen LogP contribution is 1.77. The van der Waals surface area contributed by atoms with Gasteiger partial charge in [-0.25, -0.2) is 0 Å². The van der Waals surface area contributed by atoms with E-state index >= 15 is 0 Å². The van der Waals surface area contributed by atoms with E-state index in [9.17, 15) is 0 Å². The van der Waals surface area contributed by atoms with Crippen LogP contribution in [0.5, 0.6) is 0 Å². The average Bonchev–Trinajstić information content (AvgIpc) is 2.13. The van der Waals surface area contributed by atoms with Crippen LogP contribution in [0.4, 0.5) is 0 Å². The van der Waals surface area contributed by atoms with Gasteiger partial charge in [-0.05, 0) is 6.42 Å². The molecule has 0 aromatic rings. The fourth-order valence-corrected chi connectivity index (χ4v) is 0.287. The topological polar surface area (TPSA) is 18.5 Å². The maximum Gasteiger partial charge on any atom is 0.146 e. The van der Waals surface area contributed by atoms with E-state index in [4.69, 9.17) is 4.74 Å². The molecule has 0 saturated heterocycles. The smallest absolute Gasteiger partial charge is 0.146 e. The molecule has 0 aliphatic carbocycles. The lowest BCUT2D eigenvalue weighted by Gasteiger charge is -1.96. The first-order valence-electron chi connectivity index (χ1n) is 4.48. The van der Waals surface area contributed by atoms with E-state index in [2.05, 4.69) is 11.7 Å². The fourth-order valence-electron chi connectivity index (χ4n) is 0.287. The quantitative estimate of drug-likeness (QED) is 0.469. The number of rotatable bonds is 4. The summed E-state index contributed by atoms with van der Waals surface area (Å²) in [5.74, 6) is 0. The zero-order chi connectivity index (χ0) is 9.54. The molecule has 0 aromatic heterocycles. The normalized spacial score (nSPS) is 7.09. The predicted molar refractivity (Wildman–Crippen MR) is 50.8 cm³/mol. The van der Waals surface area contributed by atoms with Gasteiger partial charge in [-0.1, -0.05) is 34.6 Å². The lowest BCUT2D eigenvalue weighted by atomic mass is 10.5. The summed E-state index contributed by atoms with van der Waals surface area (Å²) in [5, 5.41) is 0. The molecule has 0 unspecified atom stereocenters. The Bertz CT molecular complexity index is 26.7. The summed E-state index contributed by atoms with van der Waals surface area (Å²) in [4.78, 5) is 0. The van der Waals surface area contributed by atoms with E-state index in [0.29, 0.717) is 6.79 Å². The molecule has 0 amide bonds. The Morgan fingerprint density at radius 3 is 1.73 bits per heavy atom. The Hall–Kier alpha value is -0.0800. The molecule has 2 nitrogen and oxygen atoms in total. The molecule has 0 fully saturated rings. The molecule has 0 spiro atoms. The van der Waals surface area contributed by atoms with Crippen LogP contribution in [0.2, 0.25) is 0 Å². The zero-order valence-corrected chi connectivity index (χ0v) is 8.94. The number of hydrogen-bond donors (Lipinski definition) is 0. The lowest BCUT2D eigenvalue weighted by Crippen LogP contribution is -1.95. The van der Waals surface area contributed by atoms with Crippen molar-refractivity contribution in [1.29, 1.82) is 0 Å². The van der Waals surface area contributed by atoms with Crippen LogP contribution in [0.15, 0.2) is 0 Å². The molecule has 2 heteroatoms. The second-order valence-corrected chi connectivity index (χ2v) is 1.31. The Morgan fingerprint density at radius 2 is 1.45 bits per heavy atom. The van der Waals surface area contributed by atoms with E-state index < -0.39 is 0 Å². The molecular weight excluding hydrogens is 140 g/mol. The predicted octanol–water partition coefficient (Wildman–Crippen LogP) is 3.07. The van der Waals surface area contributed by atoms with Gasteiger partial charge in [-0.15, -0.1) is 0 Å². The molecule has 0 saturated carbocycles. The highest BCUT2D eigenvalue weighted by Gasteiger charge is 1.77. The van der Waals surface area contributed by atoms with E-state index in [1.165, 1.54) is 0 Å². The van der Waals surface area contributed by atoms with Crippen LogP contribution in [-0.4, -0.2) is 20.5 Å². The van der Waals surface area contributed by atoms with E-state index in [-0.39, 0.29) is 0 Å². The first-order valence-corrected chi connectivity index (χ1v) is 4.48. The Kier molecular flexibility index (Phi) is 50.8. The van der Waals surface area contributed by atoms with Gasteiger partial charge in [0.05, 0.1) is 0 Å².